The Balaban J connectivity index is 2.40. The minimum Gasteiger partial charge on any atom is -0.396 e. The topological polar surface area (TPSA) is 40.5 Å². The number of aliphatic hydroxyl groups excluding tert-OH is 2. The Kier molecular flexibility index (Phi) is 5.40. The van der Waals surface area contributed by atoms with Crippen molar-refractivity contribution in [2.45, 2.75) is 44.9 Å². The molecule has 1 aliphatic carbocycles. The van der Waals surface area contributed by atoms with Crippen LogP contribution in [0.5, 0.6) is 0 Å². The lowest BCUT2D eigenvalue weighted by Crippen LogP contribution is -2.16. The SMILES string of the molecule is OCCC1CCCCCC1CCO. The Labute approximate surface area is 81.0 Å². The normalized spacial score (nSPS) is 30.0. The summed E-state index contributed by atoms with van der Waals surface area (Å²) in [6.45, 7) is 0.624. The number of hydrogen-bond acceptors (Lipinski definition) is 2. The molecule has 1 aliphatic rings. The Morgan fingerprint density at radius 1 is 0.769 bits per heavy atom. The quantitative estimate of drug-likeness (QED) is 0.659. The summed E-state index contributed by atoms with van der Waals surface area (Å²) in [6.07, 6.45) is 8.34. The van der Waals surface area contributed by atoms with Gasteiger partial charge in [-0.05, 0) is 24.7 Å². The molecule has 2 heteroatoms. The van der Waals surface area contributed by atoms with Crippen LogP contribution in [0.3, 0.4) is 0 Å². The number of rotatable bonds is 4. The molecule has 13 heavy (non-hydrogen) atoms. The second-order valence-electron chi connectivity index (χ2n) is 4.18. The summed E-state index contributed by atoms with van der Waals surface area (Å²) in [4.78, 5) is 0. The highest BCUT2D eigenvalue weighted by Crippen LogP contribution is 2.32. The predicted molar refractivity (Wildman–Crippen MR) is 53.5 cm³/mol. The lowest BCUT2D eigenvalue weighted by Gasteiger charge is -2.23. The summed E-state index contributed by atoms with van der Waals surface area (Å²) in [5.41, 5.74) is 0. The summed E-state index contributed by atoms with van der Waals surface area (Å²) in [6, 6.07) is 0. The zero-order valence-electron chi connectivity index (χ0n) is 8.41. The van der Waals surface area contributed by atoms with Gasteiger partial charge in [0.05, 0.1) is 0 Å². The first-order valence-electron chi connectivity index (χ1n) is 5.60. The fraction of sp³-hybridized carbons (Fsp3) is 1.00. The van der Waals surface area contributed by atoms with Crippen LogP contribution in [-0.2, 0) is 0 Å². The van der Waals surface area contributed by atoms with Crippen LogP contribution in [0.25, 0.3) is 0 Å². The molecule has 78 valence electrons. The van der Waals surface area contributed by atoms with Gasteiger partial charge in [0.15, 0.2) is 0 Å². The lowest BCUT2D eigenvalue weighted by molar-refractivity contribution is 0.175. The van der Waals surface area contributed by atoms with Crippen LogP contribution in [-0.4, -0.2) is 23.4 Å². The van der Waals surface area contributed by atoms with E-state index in [1.54, 1.807) is 0 Å². The maximum absolute atomic E-state index is 8.93. The van der Waals surface area contributed by atoms with Crippen LogP contribution >= 0.6 is 0 Å². The molecule has 2 nitrogen and oxygen atoms in total. The average Bonchev–Trinajstić information content (AvgIpc) is 2.33. The van der Waals surface area contributed by atoms with Crippen molar-refractivity contribution < 1.29 is 10.2 Å². The highest BCUT2D eigenvalue weighted by Gasteiger charge is 2.22. The Morgan fingerprint density at radius 2 is 1.23 bits per heavy atom. The van der Waals surface area contributed by atoms with Crippen molar-refractivity contribution in [3.8, 4) is 0 Å². The number of aliphatic hydroxyl groups is 2. The molecule has 0 bridgehead atoms. The third-order valence-electron chi connectivity index (χ3n) is 3.32. The van der Waals surface area contributed by atoms with Crippen molar-refractivity contribution in [1.82, 2.24) is 0 Å². The lowest BCUT2D eigenvalue weighted by atomic mass is 9.84. The van der Waals surface area contributed by atoms with E-state index in [4.69, 9.17) is 10.2 Å². The molecule has 2 N–H and O–H groups in total. The Morgan fingerprint density at radius 3 is 1.62 bits per heavy atom. The molecule has 0 aliphatic heterocycles. The summed E-state index contributed by atoms with van der Waals surface area (Å²) >= 11 is 0. The van der Waals surface area contributed by atoms with Gasteiger partial charge in [0.2, 0.25) is 0 Å². The van der Waals surface area contributed by atoms with Crippen molar-refractivity contribution >= 4 is 0 Å². The Hall–Kier alpha value is -0.0800. The molecule has 0 spiro atoms. The summed E-state index contributed by atoms with van der Waals surface area (Å²) in [5, 5.41) is 17.9. The van der Waals surface area contributed by atoms with Gasteiger partial charge in [0, 0.05) is 13.2 Å². The molecular weight excluding hydrogens is 164 g/mol. The predicted octanol–water partition coefficient (Wildman–Crippen LogP) is 1.95. The molecule has 0 heterocycles. The van der Waals surface area contributed by atoms with E-state index in [0.717, 1.165) is 12.8 Å². The van der Waals surface area contributed by atoms with E-state index in [-0.39, 0.29) is 0 Å². The molecule has 0 aromatic rings. The van der Waals surface area contributed by atoms with Crippen molar-refractivity contribution in [3.63, 3.8) is 0 Å². The highest BCUT2D eigenvalue weighted by molar-refractivity contribution is 4.73. The molecule has 0 radical (unpaired) electrons. The molecule has 1 fully saturated rings. The van der Waals surface area contributed by atoms with Crippen LogP contribution in [0.4, 0.5) is 0 Å². The van der Waals surface area contributed by atoms with Crippen LogP contribution < -0.4 is 0 Å². The van der Waals surface area contributed by atoms with Crippen molar-refractivity contribution in [1.29, 1.82) is 0 Å². The highest BCUT2D eigenvalue weighted by atomic mass is 16.3. The van der Waals surface area contributed by atoms with Gasteiger partial charge >= 0.3 is 0 Å². The monoisotopic (exact) mass is 186 g/mol. The van der Waals surface area contributed by atoms with Gasteiger partial charge in [-0.2, -0.15) is 0 Å². The molecule has 0 aromatic carbocycles. The summed E-state index contributed by atoms with van der Waals surface area (Å²) in [7, 11) is 0. The molecule has 0 amide bonds. The minimum absolute atomic E-state index is 0.312. The average molecular weight is 186 g/mol. The van der Waals surface area contributed by atoms with Gasteiger partial charge in [-0.25, -0.2) is 0 Å². The smallest absolute Gasteiger partial charge is 0.0433 e. The second-order valence-corrected chi connectivity index (χ2v) is 4.18. The summed E-state index contributed by atoms with van der Waals surface area (Å²) < 4.78 is 0. The zero-order chi connectivity index (χ0) is 9.52. The fourth-order valence-corrected chi connectivity index (χ4v) is 2.55. The third kappa shape index (κ3) is 3.65. The van der Waals surface area contributed by atoms with E-state index in [1.807, 2.05) is 0 Å². The second kappa shape index (κ2) is 6.39. The first-order valence-corrected chi connectivity index (χ1v) is 5.60. The van der Waals surface area contributed by atoms with E-state index in [0.29, 0.717) is 25.0 Å². The largest absolute Gasteiger partial charge is 0.396 e. The first-order chi connectivity index (χ1) is 6.38. The van der Waals surface area contributed by atoms with E-state index >= 15 is 0 Å². The van der Waals surface area contributed by atoms with Gasteiger partial charge in [0.25, 0.3) is 0 Å². The van der Waals surface area contributed by atoms with Crippen molar-refractivity contribution in [3.05, 3.63) is 0 Å². The molecule has 0 aromatic heterocycles. The van der Waals surface area contributed by atoms with Crippen molar-refractivity contribution in [2.24, 2.45) is 11.8 Å². The zero-order valence-corrected chi connectivity index (χ0v) is 8.41. The standard InChI is InChI=1S/C11H22O2/c12-8-6-10-4-2-1-3-5-11(10)7-9-13/h10-13H,1-9H2. The third-order valence-corrected chi connectivity index (χ3v) is 3.32. The minimum atomic E-state index is 0.312. The Bertz CT molecular complexity index is 111. The maximum atomic E-state index is 8.93. The number of hydrogen-bond donors (Lipinski definition) is 2. The van der Waals surface area contributed by atoms with Crippen LogP contribution in [0, 0.1) is 11.8 Å². The van der Waals surface area contributed by atoms with Crippen LogP contribution in [0.2, 0.25) is 0 Å². The summed E-state index contributed by atoms with van der Waals surface area (Å²) in [5.74, 6) is 1.33. The molecule has 2 atom stereocenters. The van der Waals surface area contributed by atoms with Gasteiger partial charge in [-0.3, -0.25) is 0 Å². The van der Waals surface area contributed by atoms with Gasteiger partial charge in [-0.15, -0.1) is 0 Å². The van der Waals surface area contributed by atoms with Gasteiger partial charge < -0.3 is 10.2 Å². The molecule has 1 saturated carbocycles. The van der Waals surface area contributed by atoms with E-state index in [1.165, 1.54) is 32.1 Å². The molecular formula is C11H22O2. The van der Waals surface area contributed by atoms with Gasteiger partial charge in [-0.1, -0.05) is 32.1 Å². The van der Waals surface area contributed by atoms with Crippen LogP contribution in [0.15, 0.2) is 0 Å². The first kappa shape index (κ1) is 11.0. The van der Waals surface area contributed by atoms with E-state index < -0.39 is 0 Å². The van der Waals surface area contributed by atoms with E-state index in [9.17, 15) is 0 Å². The fourth-order valence-electron chi connectivity index (χ4n) is 2.55. The molecule has 1 rings (SSSR count). The molecule has 2 unspecified atom stereocenters. The maximum Gasteiger partial charge on any atom is 0.0433 e. The van der Waals surface area contributed by atoms with E-state index in [2.05, 4.69) is 0 Å². The molecule has 0 saturated heterocycles. The van der Waals surface area contributed by atoms with Crippen molar-refractivity contribution in [2.75, 3.05) is 13.2 Å². The van der Waals surface area contributed by atoms with Gasteiger partial charge in [0.1, 0.15) is 0 Å². The van der Waals surface area contributed by atoms with Crippen LogP contribution in [0.1, 0.15) is 44.9 Å².